The summed E-state index contributed by atoms with van der Waals surface area (Å²) in [5.74, 6) is 0. The molecule has 0 atom stereocenters. The summed E-state index contributed by atoms with van der Waals surface area (Å²) in [6.45, 7) is 2.16. The summed E-state index contributed by atoms with van der Waals surface area (Å²) in [5, 5.41) is 3.27. The lowest BCUT2D eigenvalue weighted by atomic mass is 10.0. The first-order valence-electron chi connectivity index (χ1n) is 5.98. The number of rotatable bonds is 5. The molecule has 0 saturated heterocycles. The van der Waals surface area contributed by atoms with Gasteiger partial charge in [-0.15, -0.1) is 11.3 Å². The van der Waals surface area contributed by atoms with Crippen molar-refractivity contribution in [1.29, 1.82) is 0 Å². The monoisotopic (exact) mass is 244 g/mol. The Bertz CT molecular complexity index is 537. The molecule has 0 aliphatic carbocycles. The third-order valence-corrected chi connectivity index (χ3v) is 3.80. The van der Waals surface area contributed by atoms with Gasteiger partial charge in [0, 0.05) is 21.2 Å². The largest absolute Gasteiger partial charge is 0.298 e. The Kier molecular flexibility index (Phi) is 4.10. The van der Waals surface area contributed by atoms with Gasteiger partial charge in [0.15, 0.2) is 0 Å². The number of hydrogen-bond acceptors (Lipinski definition) is 2. The van der Waals surface area contributed by atoms with Crippen LogP contribution in [-0.4, -0.2) is 6.29 Å². The molecule has 0 bridgehead atoms. The van der Waals surface area contributed by atoms with Crippen LogP contribution in [0.1, 0.15) is 31.7 Å². The first kappa shape index (κ1) is 12.1. The van der Waals surface area contributed by atoms with Gasteiger partial charge >= 0.3 is 0 Å². The highest BCUT2D eigenvalue weighted by molar-refractivity contribution is 7.17. The van der Waals surface area contributed by atoms with Crippen molar-refractivity contribution in [1.82, 2.24) is 0 Å². The number of hydrogen-bond donors (Lipinski definition) is 0. The quantitative estimate of drug-likeness (QED) is 0.424. The molecular formula is C15H16OS. The van der Waals surface area contributed by atoms with Gasteiger partial charge in [-0.05, 0) is 17.9 Å². The van der Waals surface area contributed by atoms with Crippen molar-refractivity contribution >= 4 is 33.3 Å². The molecular weight excluding hydrogens is 228 g/mol. The number of thiophene rings is 1. The van der Waals surface area contributed by atoms with E-state index in [1.165, 1.54) is 10.1 Å². The molecule has 0 saturated carbocycles. The van der Waals surface area contributed by atoms with Gasteiger partial charge in [-0.3, -0.25) is 4.79 Å². The van der Waals surface area contributed by atoms with Crippen molar-refractivity contribution < 1.29 is 4.79 Å². The first-order valence-corrected chi connectivity index (χ1v) is 6.86. The molecule has 1 heterocycles. The molecule has 1 aromatic carbocycles. The minimum Gasteiger partial charge on any atom is -0.298 e. The first-order chi connectivity index (χ1) is 8.36. The van der Waals surface area contributed by atoms with Crippen LogP contribution in [0.3, 0.4) is 0 Å². The summed E-state index contributed by atoms with van der Waals surface area (Å²) in [7, 11) is 0. The van der Waals surface area contributed by atoms with E-state index in [1.54, 1.807) is 11.3 Å². The molecule has 0 aliphatic heterocycles. The van der Waals surface area contributed by atoms with Crippen LogP contribution < -0.4 is 0 Å². The third kappa shape index (κ3) is 2.64. The Labute approximate surface area is 106 Å². The zero-order chi connectivity index (χ0) is 12.1. The van der Waals surface area contributed by atoms with E-state index < -0.39 is 0 Å². The van der Waals surface area contributed by atoms with E-state index in [-0.39, 0.29) is 0 Å². The Balaban J connectivity index is 2.36. The fraction of sp³-hybridized carbons (Fsp3) is 0.267. The standard InChI is InChI=1S/C15H16OS/c1-2-3-4-7-12(10-16)14-11-17-15-9-6-5-8-13(14)15/h5-11H,2-4H2,1H3/b12-7-. The van der Waals surface area contributed by atoms with Crippen LogP contribution in [-0.2, 0) is 4.79 Å². The van der Waals surface area contributed by atoms with Gasteiger partial charge in [-0.25, -0.2) is 0 Å². The van der Waals surface area contributed by atoms with Gasteiger partial charge in [0.25, 0.3) is 0 Å². The maximum Gasteiger partial charge on any atom is 0.150 e. The number of benzene rings is 1. The van der Waals surface area contributed by atoms with E-state index >= 15 is 0 Å². The summed E-state index contributed by atoms with van der Waals surface area (Å²) in [6.07, 6.45) is 6.32. The summed E-state index contributed by atoms with van der Waals surface area (Å²) in [5.41, 5.74) is 1.91. The van der Waals surface area contributed by atoms with E-state index in [0.29, 0.717) is 0 Å². The lowest BCUT2D eigenvalue weighted by Crippen LogP contribution is -1.84. The lowest BCUT2D eigenvalue weighted by Gasteiger charge is -1.98. The zero-order valence-electron chi connectivity index (χ0n) is 9.98. The Hall–Kier alpha value is -1.41. The summed E-state index contributed by atoms with van der Waals surface area (Å²) in [4.78, 5) is 11.2. The molecule has 2 rings (SSSR count). The van der Waals surface area contributed by atoms with Crippen molar-refractivity contribution in [2.75, 3.05) is 0 Å². The number of allylic oxidation sites excluding steroid dienone is 2. The number of carbonyl (C=O) groups excluding carboxylic acids is 1. The average molecular weight is 244 g/mol. The summed E-state index contributed by atoms with van der Waals surface area (Å²) in [6, 6.07) is 8.23. The van der Waals surface area contributed by atoms with Crippen LogP contribution in [0, 0.1) is 0 Å². The van der Waals surface area contributed by atoms with Gasteiger partial charge in [-0.1, -0.05) is 44.0 Å². The molecule has 0 fully saturated rings. The predicted molar refractivity (Wildman–Crippen MR) is 75.4 cm³/mol. The fourth-order valence-electron chi connectivity index (χ4n) is 1.88. The molecule has 2 heteroatoms. The third-order valence-electron chi connectivity index (χ3n) is 2.84. The summed E-state index contributed by atoms with van der Waals surface area (Å²) < 4.78 is 1.24. The number of fused-ring (bicyclic) bond motifs is 1. The van der Waals surface area contributed by atoms with Crippen molar-refractivity contribution in [2.45, 2.75) is 26.2 Å². The molecule has 88 valence electrons. The number of aldehydes is 1. The molecule has 0 N–H and O–H groups in total. The molecule has 17 heavy (non-hydrogen) atoms. The van der Waals surface area contributed by atoms with Gasteiger partial charge < -0.3 is 0 Å². The smallest absolute Gasteiger partial charge is 0.150 e. The fourth-order valence-corrected chi connectivity index (χ4v) is 2.85. The maximum absolute atomic E-state index is 11.2. The molecule has 2 aromatic rings. The topological polar surface area (TPSA) is 17.1 Å². The van der Waals surface area contributed by atoms with E-state index in [1.807, 2.05) is 12.1 Å². The van der Waals surface area contributed by atoms with E-state index in [4.69, 9.17) is 0 Å². The number of carbonyl (C=O) groups is 1. The molecule has 0 unspecified atom stereocenters. The Morgan fingerprint density at radius 1 is 1.35 bits per heavy atom. The highest BCUT2D eigenvalue weighted by Crippen LogP contribution is 2.30. The van der Waals surface area contributed by atoms with Crippen molar-refractivity contribution in [3.8, 4) is 0 Å². The van der Waals surface area contributed by atoms with E-state index in [2.05, 4.69) is 30.5 Å². The van der Waals surface area contributed by atoms with Crippen molar-refractivity contribution in [3.05, 3.63) is 41.3 Å². The second-order valence-electron chi connectivity index (χ2n) is 4.07. The second-order valence-corrected chi connectivity index (χ2v) is 4.98. The molecule has 1 nitrogen and oxygen atoms in total. The normalized spacial score (nSPS) is 11.9. The van der Waals surface area contributed by atoms with Crippen LogP contribution in [0.15, 0.2) is 35.7 Å². The number of unbranched alkanes of at least 4 members (excludes halogenated alkanes) is 2. The van der Waals surface area contributed by atoms with Crippen molar-refractivity contribution in [2.24, 2.45) is 0 Å². The van der Waals surface area contributed by atoms with Gasteiger partial charge in [0.05, 0.1) is 0 Å². The SMILES string of the molecule is CCCC/C=C(/C=O)c1csc2ccccc12. The average Bonchev–Trinajstić information content (AvgIpc) is 2.79. The highest BCUT2D eigenvalue weighted by Gasteiger charge is 2.07. The summed E-state index contributed by atoms with van der Waals surface area (Å²) >= 11 is 1.70. The van der Waals surface area contributed by atoms with Gasteiger partial charge in [0.2, 0.25) is 0 Å². The van der Waals surface area contributed by atoms with Crippen LogP contribution in [0.25, 0.3) is 15.7 Å². The van der Waals surface area contributed by atoms with Gasteiger partial charge in [-0.2, -0.15) is 0 Å². The highest BCUT2D eigenvalue weighted by atomic mass is 32.1. The van der Waals surface area contributed by atoms with E-state index in [9.17, 15) is 4.79 Å². The van der Waals surface area contributed by atoms with Crippen LogP contribution in [0.2, 0.25) is 0 Å². The molecule has 0 amide bonds. The minimum absolute atomic E-state index is 0.830. The zero-order valence-corrected chi connectivity index (χ0v) is 10.8. The van der Waals surface area contributed by atoms with Gasteiger partial charge in [0.1, 0.15) is 6.29 Å². The maximum atomic E-state index is 11.2. The van der Waals surface area contributed by atoms with Crippen LogP contribution in [0.5, 0.6) is 0 Å². The molecule has 1 aromatic heterocycles. The minimum atomic E-state index is 0.830. The molecule has 0 aliphatic rings. The molecule has 0 radical (unpaired) electrons. The van der Waals surface area contributed by atoms with Crippen LogP contribution >= 0.6 is 11.3 Å². The Morgan fingerprint density at radius 2 is 2.18 bits per heavy atom. The van der Waals surface area contributed by atoms with Crippen molar-refractivity contribution in [3.63, 3.8) is 0 Å². The lowest BCUT2D eigenvalue weighted by molar-refractivity contribution is -0.103. The Morgan fingerprint density at radius 3 is 2.94 bits per heavy atom. The van der Waals surface area contributed by atoms with E-state index in [0.717, 1.165) is 36.7 Å². The molecule has 0 spiro atoms. The van der Waals surface area contributed by atoms with Crippen LogP contribution in [0.4, 0.5) is 0 Å². The predicted octanol–water partition coefficient (Wildman–Crippen LogP) is 4.67. The second kappa shape index (κ2) is 5.78.